The van der Waals surface area contributed by atoms with Gasteiger partial charge < -0.3 is 5.11 Å². The molecule has 0 spiro atoms. The van der Waals surface area contributed by atoms with Gasteiger partial charge in [-0.25, -0.2) is 4.79 Å². The van der Waals surface area contributed by atoms with E-state index in [1.165, 1.54) is 0 Å². The summed E-state index contributed by atoms with van der Waals surface area (Å²) in [5.74, 6) is -0.934. The lowest BCUT2D eigenvalue weighted by Crippen LogP contribution is -2.02. The molecule has 0 aliphatic heterocycles. The van der Waals surface area contributed by atoms with E-state index in [0.717, 1.165) is 16.5 Å². The molecule has 0 unspecified atom stereocenters. The largest absolute Gasteiger partial charge is 0.478 e. The van der Waals surface area contributed by atoms with Gasteiger partial charge in [0.15, 0.2) is 0 Å². The van der Waals surface area contributed by atoms with E-state index in [2.05, 4.69) is 10.1 Å². The summed E-state index contributed by atoms with van der Waals surface area (Å²) in [7, 11) is 0. The highest BCUT2D eigenvalue weighted by Gasteiger charge is 2.08. The zero-order valence-corrected chi connectivity index (χ0v) is 10.0. The number of pyridine rings is 1. The first-order chi connectivity index (χ1) is 9.24. The standard InChI is InChI=1S/C14H11N3O2/c18-14(19)11-3-4-12-8-16-17(13(12)6-11)9-10-2-1-5-15-7-10/h1-8H,9H2,(H,18,19). The molecule has 19 heavy (non-hydrogen) atoms. The van der Waals surface area contributed by atoms with Crippen molar-refractivity contribution in [3.63, 3.8) is 0 Å². The van der Waals surface area contributed by atoms with Gasteiger partial charge in [0.05, 0.1) is 23.8 Å². The third-order valence-corrected chi connectivity index (χ3v) is 2.95. The molecule has 0 saturated carbocycles. The Balaban J connectivity index is 2.04. The van der Waals surface area contributed by atoms with Crippen LogP contribution in [0.5, 0.6) is 0 Å². The van der Waals surface area contributed by atoms with Crippen LogP contribution in [0.2, 0.25) is 0 Å². The Bertz CT molecular complexity index is 735. The highest BCUT2D eigenvalue weighted by atomic mass is 16.4. The number of carboxylic acid groups (broad SMARTS) is 1. The molecular formula is C14H11N3O2. The SMILES string of the molecule is O=C(O)c1ccc2cnn(Cc3cccnc3)c2c1. The molecule has 0 radical (unpaired) electrons. The summed E-state index contributed by atoms with van der Waals surface area (Å²) in [5, 5.41) is 14.2. The Labute approximate surface area is 109 Å². The second-order valence-corrected chi connectivity index (χ2v) is 4.24. The molecule has 0 atom stereocenters. The molecular weight excluding hydrogens is 242 g/mol. The van der Waals surface area contributed by atoms with Crippen LogP contribution in [0, 0.1) is 0 Å². The number of nitrogens with zero attached hydrogens (tertiary/aromatic N) is 3. The highest BCUT2D eigenvalue weighted by molar-refractivity contribution is 5.93. The molecule has 3 aromatic rings. The van der Waals surface area contributed by atoms with E-state index >= 15 is 0 Å². The van der Waals surface area contributed by atoms with Crippen molar-refractivity contribution in [2.24, 2.45) is 0 Å². The topological polar surface area (TPSA) is 68.0 Å². The molecule has 3 rings (SSSR count). The summed E-state index contributed by atoms with van der Waals surface area (Å²) in [4.78, 5) is 15.1. The summed E-state index contributed by atoms with van der Waals surface area (Å²) >= 11 is 0. The van der Waals surface area contributed by atoms with Gasteiger partial charge in [0.1, 0.15) is 0 Å². The third-order valence-electron chi connectivity index (χ3n) is 2.95. The fourth-order valence-corrected chi connectivity index (χ4v) is 1.99. The summed E-state index contributed by atoms with van der Waals surface area (Å²) in [5.41, 5.74) is 2.09. The monoisotopic (exact) mass is 253 g/mol. The van der Waals surface area contributed by atoms with Crippen LogP contribution in [0.25, 0.3) is 10.9 Å². The molecule has 1 aromatic carbocycles. The number of carboxylic acids is 1. The Hall–Kier alpha value is -2.69. The van der Waals surface area contributed by atoms with Crippen molar-refractivity contribution in [2.75, 3.05) is 0 Å². The predicted octanol–water partition coefficient (Wildman–Crippen LogP) is 2.18. The minimum Gasteiger partial charge on any atom is -0.478 e. The van der Waals surface area contributed by atoms with Gasteiger partial charge in [-0.05, 0) is 23.8 Å². The van der Waals surface area contributed by atoms with Gasteiger partial charge in [-0.1, -0.05) is 12.1 Å². The van der Waals surface area contributed by atoms with Crippen molar-refractivity contribution in [3.05, 3.63) is 60.0 Å². The summed E-state index contributed by atoms with van der Waals surface area (Å²) < 4.78 is 1.78. The molecule has 5 heteroatoms. The number of carbonyl (C=O) groups is 1. The quantitative estimate of drug-likeness (QED) is 0.776. The minimum atomic E-state index is -0.934. The van der Waals surface area contributed by atoms with E-state index < -0.39 is 5.97 Å². The van der Waals surface area contributed by atoms with Gasteiger partial charge in [0.25, 0.3) is 0 Å². The van der Waals surface area contributed by atoms with E-state index in [4.69, 9.17) is 5.11 Å². The van der Waals surface area contributed by atoms with Gasteiger partial charge in [-0.2, -0.15) is 5.10 Å². The van der Waals surface area contributed by atoms with Crippen LogP contribution in [0.15, 0.2) is 48.9 Å². The van der Waals surface area contributed by atoms with Crippen molar-refractivity contribution in [1.82, 2.24) is 14.8 Å². The van der Waals surface area contributed by atoms with Gasteiger partial charge in [0, 0.05) is 17.8 Å². The Kier molecular flexibility index (Phi) is 2.72. The van der Waals surface area contributed by atoms with E-state index in [-0.39, 0.29) is 5.56 Å². The summed E-state index contributed by atoms with van der Waals surface area (Å²) in [6, 6.07) is 8.82. The Morgan fingerprint density at radius 3 is 2.89 bits per heavy atom. The summed E-state index contributed by atoms with van der Waals surface area (Å²) in [6.45, 7) is 0.570. The fourth-order valence-electron chi connectivity index (χ4n) is 1.99. The van der Waals surface area contributed by atoms with Crippen LogP contribution < -0.4 is 0 Å². The lowest BCUT2D eigenvalue weighted by Gasteiger charge is -2.04. The van der Waals surface area contributed by atoms with Gasteiger partial charge in [-0.15, -0.1) is 0 Å². The van der Waals surface area contributed by atoms with Crippen LogP contribution in [-0.2, 0) is 6.54 Å². The average Bonchev–Trinajstić information content (AvgIpc) is 2.82. The van der Waals surface area contributed by atoms with E-state index in [0.29, 0.717) is 6.54 Å². The lowest BCUT2D eigenvalue weighted by atomic mass is 10.1. The summed E-state index contributed by atoms with van der Waals surface area (Å²) in [6.07, 6.45) is 5.22. The van der Waals surface area contributed by atoms with Crippen molar-refractivity contribution >= 4 is 16.9 Å². The van der Waals surface area contributed by atoms with Gasteiger partial charge in [-0.3, -0.25) is 9.67 Å². The molecule has 2 aromatic heterocycles. The molecule has 0 aliphatic carbocycles. The molecule has 0 bridgehead atoms. The minimum absolute atomic E-state index is 0.264. The normalized spacial score (nSPS) is 10.7. The molecule has 5 nitrogen and oxygen atoms in total. The second kappa shape index (κ2) is 4.53. The number of hydrogen-bond donors (Lipinski definition) is 1. The molecule has 0 amide bonds. The molecule has 2 heterocycles. The van der Waals surface area contributed by atoms with E-state index in [1.54, 1.807) is 41.5 Å². The van der Waals surface area contributed by atoms with Crippen molar-refractivity contribution in [2.45, 2.75) is 6.54 Å². The zero-order chi connectivity index (χ0) is 13.2. The first-order valence-corrected chi connectivity index (χ1v) is 5.82. The van der Waals surface area contributed by atoms with Crippen LogP contribution >= 0.6 is 0 Å². The van der Waals surface area contributed by atoms with Crippen molar-refractivity contribution in [3.8, 4) is 0 Å². The van der Waals surface area contributed by atoms with Crippen LogP contribution in [-0.4, -0.2) is 25.8 Å². The predicted molar refractivity (Wildman–Crippen MR) is 70.0 cm³/mol. The first kappa shape index (κ1) is 11.4. The smallest absolute Gasteiger partial charge is 0.335 e. The Morgan fingerprint density at radius 1 is 1.26 bits per heavy atom. The van der Waals surface area contributed by atoms with Gasteiger partial charge in [0.2, 0.25) is 0 Å². The molecule has 0 fully saturated rings. The van der Waals surface area contributed by atoms with Gasteiger partial charge >= 0.3 is 5.97 Å². The average molecular weight is 253 g/mol. The molecule has 0 saturated heterocycles. The molecule has 1 N–H and O–H groups in total. The zero-order valence-electron chi connectivity index (χ0n) is 10.0. The number of benzene rings is 1. The number of aromatic nitrogens is 3. The maximum absolute atomic E-state index is 11.0. The number of aromatic carboxylic acids is 1. The first-order valence-electron chi connectivity index (χ1n) is 5.82. The number of hydrogen-bond acceptors (Lipinski definition) is 3. The second-order valence-electron chi connectivity index (χ2n) is 4.24. The number of rotatable bonds is 3. The Morgan fingerprint density at radius 2 is 2.16 bits per heavy atom. The lowest BCUT2D eigenvalue weighted by molar-refractivity contribution is 0.0697. The van der Waals surface area contributed by atoms with E-state index in [1.807, 2.05) is 12.1 Å². The van der Waals surface area contributed by atoms with Crippen molar-refractivity contribution in [1.29, 1.82) is 0 Å². The highest BCUT2D eigenvalue weighted by Crippen LogP contribution is 2.17. The third kappa shape index (κ3) is 2.18. The van der Waals surface area contributed by atoms with Crippen LogP contribution in [0.3, 0.4) is 0 Å². The van der Waals surface area contributed by atoms with Crippen LogP contribution in [0.1, 0.15) is 15.9 Å². The van der Waals surface area contributed by atoms with E-state index in [9.17, 15) is 4.79 Å². The maximum Gasteiger partial charge on any atom is 0.335 e. The molecule has 0 aliphatic rings. The van der Waals surface area contributed by atoms with Crippen molar-refractivity contribution < 1.29 is 9.90 Å². The van der Waals surface area contributed by atoms with Crippen LogP contribution in [0.4, 0.5) is 0 Å². The maximum atomic E-state index is 11.0. The number of fused-ring (bicyclic) bond motifs is 1. The fraction of sp³-hybridized carbons (Fsp3) is 0.0714. The molecule has 94 valence electrons.